The topological polar surface area (TPSA) is 93.5 Å². The highest BCUT2D eigenvalue weighted by molar-refractivity contribution is 5.96. The van der Waals surface area contributed by atoms with Crippen LogP contribution in [0, 0.1) is 5.82 Å². The molecule has 0 saturated carbocycles. The maximum absolute atomic E-state index is 12.9. The summed E-state index contributed by atoms with van der Waals surface area (Å²) in [7, 11) is 1.47. The molecule has 0 aromatic heterocycles. The largest absolute Gasteiger partial charge is 0.495 e. The average molecular weight is 331 g/mol. The first kappa shape index (κ1) is 17.4. The van der Waals surface area contributed by atoms with E-state index in [1.165, 1.54) is 19.2 Å². The highest BCUT2D eigenvalue weighted by atomic mass is 19.1. The van der Waals surface area contributed by atoms with Gasteiger partial charge in [-0.15, -0.1) is 0 Å². The lowest BCUT2D eigenvalue weighted by molar-refractivity contribution is -0.116. The Morgan fingerprint density at radius 3 is 2.42 bits per heavy atom. The molecule has 0 spiro atoms. The molecule has 0 bridgehead atoms. The number of nitrogens with one attached hydrogen (secondary N) is 2. The van der Waals surface area contributed by atoms with Crippen molar-refractivity contribution in [1.82, 2.24) is 0 Å². The van der Waals surface area contributed by atoms with Crippen LogP contribution in [0.25, 0.3) is 0 Å². The van der Waals surface area contributed by atoms with Crippen molar-refractivity contribution in [2.75, 3.05) is 24.3 Å². The number of hydrogen-bond acceptors (Lipinski definition) is 4. The van der Waals surface area contributed by atoms with Crippen molar-refractivity contribution in [3.63, 3.8) is 0 Å². The molecule has 0 heterocycles. The molecule has 0 aliphatic heterocycles. The van der Waals surface area contributed by atoms with Gasteiger partial charge in [-0.1, -0.05) is 12.1 Å². The van der Waals surface area contributed by atoms with Crippen LogP contribution in [0.15, 0.2) is 42.5 Å². The third-order valence-corrected chi connectivity index (χ3v) is 3.22. The van der Waals surface area contributed by atoms with Gasteiger partial charge in [0.15, 0.2) is 0 Å². The number of nitrogens with two attached hydrogens (primary N) is 1. The summed E-state index contributed by atoms with van der Waals surface area (Å²) in [6, 6.07) is 10.6. The van der Waals surface area contributed by atoms with E-state index in [9.17, 15) is 14.0 Å². The predicted molar refractivity (Wildman–Crippen MR) is 89.4 cm³/mol. The van der Waals surface area contributed by atoms with E-state index in [0.717, 1.165) is 0 Å². The standard InChI is InChI=1S/C17H18FN3O3/c1-24-15-7-6-13(9-14(15)21-17(23)10-19)20-16(22)8-11-2-4-12(18)5-3-11/h2-7,9H,8,10,19H2,1H3,(H,20,22)(H,21,23). The number of hydrogen-bond donors (Lipinski definition) is 3. The molecule has 0 unspecified atom stereocenters. The Bertz CT molecular complexity index is 732. The normalized spacial score (nSPS) is 10.1. The summed E-state index contributed by atoms with van der Waals surface area (Å²) in [4.78, 5) is 23.5. The number of benzene rings is 2. The van der Waals surface area contributed by atoms with E-state index in [0.29, 0.717) is 22.7 Å². The molecule has 6 nitrogen and oxygen atoms in total. The summed E-state index contributed by atoms with van der Waals surface area (Å²) in [6.07, 6.45) is 0.108. The molecule has 4 N–H and O–H groups in total. The van der Waals surface area contributed by atoms with Crippen LogP contribution < -0.4 is 21.1 Å². The minimum Gasteiger partial charge on any atom is -0.495 e. The molecule has 126 valence electrons. The Balaban J connectivity index is 2.08. The molecule has 0 aliphatic rings. The van der Waals surface area contributed by atoms with E-state index < -0.39 is 0 Å². The Morgan fingerprint density at radius 1 is 1.08 bits per heavy atom. The summed E-state index contributed by atoms with van der Waals surface area (Å²) < 4.78 is 18.0. The summed E-state index contributed by atoms with van der Waals surface area (Å²) in [5.74, 6) is -0.533. The zero-order chi connectivity index (χ0) is 17.5. The Morgan fingerprint density at radius 2 is 1.79 bits per heavy atom. The lowest BCUT2D eigenvalue weighted by Crippen LogP contribution is -2.22. The fourth-order valence-electron chi connectivity index (χ4n) is 2.08. The predicted octanol–water partition coefficient (Wildman–Crippen LogP) is 1.91. The van der Waals surface area contributed by atoms with Crippen molar-refractivity contribution >= 4 is 23.2 Å². The number of ether oxygens (including phenoxy) is 1. The van der Waals surface area contributed by atoms with Gasteiger partial charge in [-0.05, 0) is 35.9 Å². The van der Waals surface area contributed by atoms with Crippen molar-refractivity contribution in [3.05, 3.63) is 53.8 Å². The number of rotatable bonds is 6. The Kier molecular flexibility index (Phi) is 5.86. The van der Waals surface area contributed by atoms with Crippen LogP contribution in [-0.4, -0.2) is 25.5 Å². The first-order chi connectivity index (χ1) is 11.5. The molecule has 0 aliphatic carbocycles. The monoisotopic (exact) mass is 331 g/mol. The molecule has 0 radical (unpaired) electrons. The molecule has 2 rings (SSSR count). The maximum atomic E-state index is 12.9. The number of carbonyl (C=O) groups is 2. The van der Waals surface area contributed by atoms with Gasteiger partial charge in [0, 0.05) is 5.69 Å². The van der Waals surface area contributed by atoms with E-state index in [1.807, 2.05) is 0 Å². The third kappa shape index (κ3) is 4.79. The van der Waals surface area contributed by atoms with Crippen LogP contribution in [0.3, 0.4) is 0 Å². The summed E-state index contributed by atoms with van der Waals surface area (Å²) in [6.45, 7) is -0.162. The fourth-order valence-corrected chi connectivity index (χ4v) is 2.08. The van der Waals surface area contributed by atoms with Crippen LogP contribution in [0.5, 0.6) is 5.75 Å². The SMILES string of the molecule is COc1ccc(NC(=O)Cc2ccc(F)cc2)cc1NC(=O)CN. The number of methoxy groups -OCH3 is 1. The minimum atomic E-state index is -0.372. The van der Waals surface area contributed by atoms with Gasteiger partial charge in [-0.25, -0.2) is 4.39 Å². The van der Waals surface area contributed by atoms with Gasteiger partial charge >= 0.3 is 0 Å². The number of carbonyl (C=O) groups excluding carboxylic acids is 2. The Hall–Kier alpha value is -2.93. The van der Waals surface area contributed by atoms with E-state index >= 15 is 0 Å². The molecule has 2 aromatic carbocycles. The molecule has 0 atom stereocenters. The molecule has 24 heavy (non-hydrogen) atoms. The van der Waals surface area contributed by atoms with Crippen molar-refractivity contribution in [3.8, 4) is 5.75 Å². The lowest BCUT2D eigenvalue weighted by atomic mass is 10.1. The van der Waals surface area contributed by atoms with Crippen LogP contribution >= 0.6 is 0 Å². The summed E-state index contributed by atoms with van der Waals surface area (Å²) >= 11 is 0. The van der Waals surface area contributed by atoms with Crippen LogP contribution in [0.4, 0.5) is 15.8 Å². The second-order valence-corrected chi connectivity index (χ2v) is 5.02. The number of amides is 2. The first-order valence-corrected chi connectivity index (χ1v) is 7.24. The van der Waals surface area contributed by atoms with Crippen molar-refractivity contribution in [1.29, 1.82) is 0 Å². The van der Waals surface area contributed by atoms with Gasteiger partial charge in [0.05, 0.1) is 25.8 Å². The van der Waals surface area contributed by atoms with Crippen LogP contribution in [0.1, 0.15) is 5.56 Å². The summed E-state index contributed by atoms with van der Waals surface area (Å²) in [5.41, 5.74) is 6.88. The second kappa shape index (κ2) is 8.07. The van der Waals surface area contributed by atoms with E-state index in [-0.39, 0.29) is 30.6 Å². The number of halogens is 1. The second-order valence-electron chi connectivity index (χ2n) is 5.02. The quantitative estimate of drug-likeness (QED) is 0.754. The van der Waals surface area contributed by atoms with Crippen molar-refractivity contribution in [2.45, 2.75) is 6.42 Å². The molecule has 0 saturated heterocycles. The zero-order valence-electron chi connectivity index (χ0n) is 13.1. The lowest BCUT2D eigenvalue weighted by Gasteiger charge is -2.12. The average Bonchev–Trinajstić information content (AvgIpc) is 2.57. The molecular weight excluding hydrogens is 313 g/mol. The van der Waals surface area contributed by atoms with Gasteiger partial charge in [0.2, 0.25) is 11.8 Å². The third-order valence-electron chi connectivity index (χ3n) is 3.22. The molecule has 2 aromatic rings. The van der Waals surface area contributed by atoms with E-state index in [2.05, 4.69) is 10.6 Å². The first-order valence-electron chi connectivity index (χ1n) is 7.24. The van der Waals surface area contributed by atoms with Gasteiger partial charge in [0.25, 0.3) is 0 Å². The van der Waals surface area contributed by atoms with Gasteiger partial charge < -0.3 is 21.1 Å². The Labute approximate surface area is 138 Å². The van der Waals surface area contributed by atoms with Gasteiger partial charge in [-0.3, -0.25) is 9.59 Å². The zero-order valence-corrected chi connectivity index (χ0v) is 13.1. The number of anilines is 2. The highest BCUT2D eigenvalue weighted by Gasteiger charge is 2.10. The van der Waals surface area contributed by atoms with Crippen molar-refractivity contribution < 1.29 is 18.7 Å². The van der Waals surface area contributed by atoms with Crippen LogP contribution in [0.2, 0.25) is 0 Å². The smallest absolute Gasteiger partial charge is 0.238 e. The highest BCUT2D eigenvalue weighted by Crippen LogP contribution is 2.27. The van der Waals surface area contributed by atoms with Crippen molar-refractivity contribution in [2.24, 2.45) is 5.73 Å². The van der Waals surface area contributed by atoms with E-state index in [4.69, 9.17) is 10.5 Å². The van der Waals surface area contributed by atoms with Gasteiger partial charge in [-0.2, -0.15) is 0 Å². The van der Waals surface area contributed by atoms with E-state index in [1.54, 1.807) is 30.3 Å². The molecule has 2 amide bonds. The molecular formula is C17H18FN3O3. The fraction of sp³-hybridized carbons (Fsp3) is 0.176. The minimum absolute atomic E-state index is 0.108. The summed E-state index contributed by atoms with van der Waals surface area (Å²) in [5, 5.41) is 5.32. The van der Waals surface area contributed by atoms with Gasteiger partial charge in [0.1, 0.15) is 11.6 Å². The molecule has 7 heteroatoms. The van der Waals surface area contributed by atoms with Crippen LogP contribution in [-0.2, 0) is 16.0 Å². The molecule has 0 fully saturated rings. The maximum Gasteiger partial charge on any atom is 0.238 e.